The van der Waals surface area contributed by atoms with Crippen LogP contribution in [0.4, 0.5) is 14.5 Å². The number of aryl methyl sites for hydroxylation is 2. The molecule has 0 spiro atoms. The van der Waals surface area contributed by atoms with Gasteiger partial charge in [0.2, 0.25) is 11.8 Å². The summed E-state index contributed by atoms with van der Waals surface area (Å²) >= 11 is 0. The van der Waals surface area contributed by atoms with Gasteiger partial charge in [0.05, 0.1) is 17.1 Å². The van der Waals surface area contributed by atoms with E-state index in [9.17, 15) is 13.6 Å². The third-order valence-electron chi connectivity index (χ3n) is 5.26. The van der Waals surface area contributed by atoms with Crippen LogP contribution in [0.3, 0.4) is 0 Å². The van der Waals surface area contributed by atoms with Crippen LogP contribution in [-0.2, 0) is 11.2 Å². The summed E-state index contributed by atoms with van der Waals surface area (Å²) in [5.41, 5.74) is 3.13. The van der Waals surface area contributed by atoms with Crippen LogP contribution in [0, 0.1) is 25.5 Å². The van der Waals surface area contributed by atoms with Crippen molar-refractivity contribution in [3.63, 3.8) is 0 Å². The van der Waals surface area contributed by atoms with Gasteiger partial charge in [0.25, 0.3) is 0 Å². The minimum Gasteiger partial charge on any atom is -0.438 e. The molecule has 0 saturated carbocycles. The average Bonchev–Trinajstić information content (AvgIpc) is 3.11. The number of aromatic nitrogens is 2. The SMILES string of the molecule is Cc1ccccc1Oc1c(CCC(=O)Nc2ccccc2F)c(C)nn1-c1ccc(F)cc1. The summed E-state index contributed by atoms with van der Waals surface area (Å²) in [6.07, 6.45) is 0.433. The van der Waals surface area contributed by atoms with Gasteiger partial charge >= 0.3 is 0 Å². The Morgan fingerprint density at radius 3 is 2.39 bits per heavy atom. The molecule has 5 nitrogen and oxygen atoms in total. The lowest BCUT2D eigenvalue weighted by atomic mass is 10.1. The van der Waals surface area contributed by atoms with E-state index in [2.05, 4.69) is 10.4 Å². The first kappa shape index (κ1) is 22.2. The molecule has 4 rings (SSSR count). The van der Waals surface area contributed by atoms with Crippen molar-refractivity contribution in [2.24, 2.45) is 0 Å². The van der Waals surface area contributed by atoms with Crippen LogP contribution in [-0.4, -0.2) is 15.7 Å². The minimum atomic E-state index is -0.491. The Labute approximate surface area is 190 Å². The van der Waals surface area contributed by atoms with Crippen molar-refractivity contribution in [2.75, 3.05) is 5.32 Å². The summed E-state index contributed by atoms with van der Waals surface area (Å²) in [6.45, 7) is 3.76. The van der Waals surface area contributed by atoms with Crippen LogP contribution < -0.4 is 10.1 Å². The highest BCUT2D eigenvalue weighted by Gasteiger charge is 2.20. The number of ether oxygens (including phenoxy) is 1. The quantitative estimate of drug-likeness (QED) is 0.371. The normalized spacial score (nSPS) is 10.8. The molecule has 4 aromatic rings. The molecule has 0 fully saturated rings. The second-order valence-corrected chi connectivity index (χ2v) is 7.65. The fourth-order valence-electron chi connectivity index (χ4n) is 3.48. The lowest BCUT2D eigenvalue weighted by Gasteiger charge is -2.13. The zero-order valence-corrected chi connectivity index (χ0v) is 18.3. The van der Waals surface area contributed by atoms with E-state index in [1.807, 2.05) is 38.1 Å². The third-order valence-corrected chi connectivity index (χ3v) is 5.26. The van der Waals surface area contributed by atoms with Gasteiger partial charge in [-0.2, -0.15) is 5.10 Å². The zero-order valence-electron chi connectivity index (χ0n) is 18.3. The fourth-order valence-corrected chi connectivity index (χ4v) is 3.48. The van der Waals surface area contributed by atoms with Crippen LogP contribution in [0.2, 0.25) is 0 Å². The van der Waals surface area contributed by atoms with Gasteiger partial charge in [0, 0.05) is 12.0 Å². The molecule has 0 radical (unpaired) electrons. The molecule has 0 unspecified atom stereocenters. The maximum atomic E-state index is 13.9. The Kier molecular flexibility index (Phi) is 6.49. The summed E-state index contributed by atoms with van der Waals surface area (Å²) in [5, 5.41) is 7.19. The number of benzene rings is 3. The van der Waals surface area contributed by atoms with Crippen LogP contribution in [0.5, 0.6) is 11.6 Å². The van der Waals surface area contributed by atoms with Gasteiger partial charge < -0.3 is 10.1 Å². The number of anilines is 1. The summed E-state index contributed by atoms with van der Waals surface area (Å²) in [5.74, 6) is -0.0652. The molecular weight excluding hydrogens is 424 g/mol. The van der Waals surface area contributed by atoms with Gasteiger partial charge in [0.15, 0.2) is 0 Å². The van der Waals surface area contributed by atoms with Crippen LogP contribution in [0.25, 0.3) is 5.69 Å². The van der Waals surface area contributed by atoms with Crippen LogP contribution >= 0.6 is 0 Å². The topological polar surface area (TPSA) is 56.1 Å². The molecule has 7 heteroatoms. The first-order valence-corrected chi connectivity index (χ1v) is 10.5. The lowest BCUT2D eigenvalue weighted by Crippen LogP contribution is -2.13. The predicted octanol–water partition coefficient (Wildman–Crippen LogP) is 6.13. The maximum Gasteiger partial charge on any atom is 0.226 e. The van der Waals surface area contributed by atoms with Gasteiger partial charge in [-0.3, -0.25) is 4.79 Å². The van der Waals surface area contributed by atoms with Gasteiger partial charge in [-0.05, 0) is 68.3 Å². The number of para-hydroxylation sites is 2. The van der Waals surface area contributed by atoms with Crippen molar-refractivity contribution in [1.29, 1.82) is 0 Å². The van der Waals surface area contributed by atoms with Crippen molar-refractivity contribution < 1.29 is 18.3 Å². The monoisotopic (exact) mass is 447 g/mol. The standard InChI is InChI=1S/C26H23F2N3O2/c1-17-7-3-6-10-24(17)33-26-21(15-16-25(32)29-23-9-5-4-8-22(23)28)18(2)30-31(26)20-13-11-19(27)12-14-20/h3-14H,15-16H2,1-2H3,(H,29,32). The van der Waals surface area contributed by atoms with E-state index in [4.69, 9.17) is 4.74 Å². The van der Waals surface area contributed by atoms with Gasteiger partial charge in [-0.1, -0.05) is 30.3 Å². The largest absolute Gasteiger partial charge is 0.438 e. The molecule has 3 aromatic carbocycles. The number of halogens is 2. The van der Waals surface area contributed by atoms with E-state index in [1.54, 1.807) is 28.9 Å². The summed E-state index contributed by atoms with van der Waals surface area (Å²) in [6, 6.07) is 19.5. The molecule has 0 aliphatic carbocycles. The van der Waals surface area contributed by atoms with Crippen molar-refractivity contribution in [1.82, 2.24) is 9.78 Å². The molecule has 33 heavy (non-hydrogen) atoms. The summed E-state index contributed by atoms with van der Waals surface area (Å²) in [4.78, 5) is 12.5. The number of hydrogen-bond donors (Lipinski definition) is 1. The van der Waals surface area contributed by atoms with E-state index in [-0.39, 0.29) is 23.8 Å². The number of carbonyl (C=O) groups is 1. The Hall–Kier alpha value is -4.00. The van der Waals surface area contributed by atoms with Crippen molar-refractivity contribution >= 4 is 11.6 Å². The zero-order chi connectivity index (χ0) is 23.4. The Balaban J connectivity index is 1.63. The Bertz CT molecular complexity index is 1280. The molecule has 1 amide bonds. The van der Waals surface area contributed by atoms with Crippen molar-refractivity contribution in [3.8, 4) is 17.3 Å². The van der Waals surface area contributed by atoms with E-state index in [0.29, 0.717) is 29.4 Å². The van der Waals surface area contributed by atoms with E-state index >= 15 is 0 Å². The minimum absolute atomic E-state index is 0.106. The molecular formula is C26H23F2N3O2. The van der Waals surface area contributed by atoms with Crippen LogP contribution in [0.1, 0.15) is 23.2 Å². The number of hydrogen-bond acceptors (Lipinski definition) is 3. The number of nitrogens with zero attached hydrogens (tertiary/aromatic N) is 2. The summed E-state index contributed by atoms with van der Waals surface area (Å²) in [7, 11) is 0. The predicted molar refractivity (Wildman–Crippen MR) is 123 cm³/mol. The number of amides is 1. The first-order chi connectivity index (χ1) is 15.9. The third kappa shape index (κ3) is 5.09. The highest BCUT2D eigenvalue weighted by molar-refractivity contribution is 5.91. The number of nitrogens with one attached hydrogen (secondary N) is 1. The molecule has 1 heterocycles. The Morgan fingerprint density at radius 2 is 1.67 bits per heavy atom. The fraction of sp³-hybridized carbons (Fsp3) is 0.154. The first-order valence-electron chi connectivity index (χ1n) is 10.5. The molecule has 168 valence electrons. The second kappa shape index (κ2) is 9.65. The van der Waals surface area contributed by atoms with Gasteiger partial charge in [-0.15, -0.1) is 0 Å². The van der Waals surface area contributed by atoms with Crippen molar-refractivity contribution in [3.05, 3.63) is 101 Å². The van der Waals surface area contributed by atoms with Gasteiger partial charge in [0.1, 0.15) is 17.4 Å². The molecule has 1 N–H and O–H groups in total. The molecule has 0 saturated heterocycles. The smallest absolute Gasteiger partial charge is 0.226 e. The number of carbonyl (C=O) groups excluding carboxylic acids is 1. The average molecular weight is 447 g/mol. The van der Waals surface area contributed by atoms with Crippen molar-refractivity contribution in [2.45, 2.75) is 26.7 Å². The molecule has 0 bridgehead atoms. The lowest BCUT2D eigenvalue weighted by molar-refractivity contribution is -0.116. The van der Waals surface area contributed by atoms with E-state index in [0.717, 1.165) is 11.1 Å². The summed E-state index contributed by atoms with van der Waals surface area (Å²) < 4.78 is 35.2. The maximum absolute atomic E-state index is 13.9. The van der Waals surface area contributed by atoms with Gasteiger partial charge in [-0.25, -0.2) is 13.5 Å². The van der Waals surface area contributed by atoms with E-state index < -0.39 is 5.82 Å². The number of rotatable bonds is 7. The highest BCUT2D eigenvalue weighted by atomic mass is 19.1. The van der Waals surface area contributed by atoms with Crippen LogP contribution in [0.15, 0.2) is 72.8 Å². The molecule has 1 aromatic heterocycles. The molecule has 0 atom stereocenters. The second-order valence-electron chi connectivity index (χ2n) is 7.65. The Morgan fingerprint density at radius 1 is 0.970 bits per heavy atom. The van der Waals surface area contributed by atoms with E-state index in [1.165, 1.54) is 24.3 Å². The highest BCUT2D eigenvalue weighted by Crippen LogP contribution is 2.33. The molecule has 0 aliphatic heterocycles. The molecule has 0 aliphatic rings.